The Labute approximate surface area is 115 Å². The van der Waals surface area contributed by atoms with E-state index in [-0.39, 0.29) is 36.6 Å². The second-order valence-corrected chi connectivity index (χ2v) is 6.16. The van der Waals surface area contributed by atoms with Crippen molar-refractivity contribution in [3.8, 4) is 11.8 Å². The zero-order valence-corrected chi connectivity index (χ0v) is 12.3. The lowest BCUT2D eigenvalue weighted by Crippen LogP contribution is -2.27. The van der Waals surface area contributed by atoms with Crippen molar-refractivity contribution in [2.45, 2.75) is 64.4 Å². The van der Waals surface area contributed by atoms with Gasteiger partial charge in [0.1, 0.15) is 6.10 Å². The molecule has 0 saturated heterocycles. The maximum atomic E-state index is 9.86. The van der Waals surface area contributed by atoms with E-state index in [0.29, 0.717) is 0 Å². The van der Waals surface area contributed by atoms with Gasteiger partial charge in [-0.25, -0.2) is 0 Å². The molecular weight excluding hydrogens is 244 g/mol. The van der Waals surface area contributed by atoms with Gasteiger partial charge in [-0.1, -0.05) is 18.8 Å². The van der Waals surface area contributed by atoms with Gasteiger partial charge in [0.15, 0.2) is 0 Å². The number of hydrogen-bond acceptors (Lipinski definition) is 4. The standard InChI is InChI=1S/C15H26O4/c1-5-10(19-15(2,3)4)6-7-11-12(9-16)14(18)8-13(11)17/h10-14,16-18H,5,8-9H2,1-4H3/t10-,11+,12+,13+,14-/m0/s1. The molecule has 0 aliphatic heterocycles. The molecule has 0 heterocycles. The van der Waals surface area contributed by atoms with Crippen molar-refractivity contribution in [1.29, 1.82) is 0 Å². The first-order chi connectivity index (χ1) is 8.78. The van der Waals surface area contributed by atoms with Gasteiger partial charge in [-0.15, -0.1) is 0 Å². The molecule has 1 saturated carbocycles. The molecule has 0 spiro atoms. The first-order valence-corrected chi connectivity index (χ1v) is 6.94. The molecule has 1 rings (SSSR count). The maximum absolute atomic E-state index is 9.86. The lowest BCUT2D eigenvalue weighted by atomic mass is 9.95. The average Bonchev–Trinajstić information content (AvgIpc) is 2.57. The molecule has 0 amide bonds. The largest absolute Gasteiger partial charge is 0.396 e. The van der Waals surface area contributed by atoms with Crippen molar-refractivity contribution >= 4 is 0 Å². The zero-order valence-electron chi connectivity index (χ0n) is 12.3. The van der Waals surface area contributed by atoms with Gasteiger partial charge < -0.3 is 20.1 Å². The van der Waals surface area contributed by atoms with Gasteiger partial charge in [0.05, 0.1) is 23.7 Å². The summed E-state index contributed by atoms with van der Waals surface area (Å²) in [6, 6.07) is 0. The molecule has 3 N–H and O–H groups in total. The highest BCUT2D eigenvalue weighted by molar-refractivity contribution is 5.15. The molecule has 1 aliphatic carbocycles. The monoisotopic (exact) mass is 270 g/mol. The molecule has 19 heavy (non-hydrogen) atoms. The Morgan fingerprint density at radius 1 is 1.26 bits per heavy atom. The van der Waals surface area contributed by atoms with Crippen LogP contribution in [0.1, 0.15) is 40.5 Å². The van der Waals surface area contributed by atoms with Crippen molar-refractivity contribution in [3.63, 3.8) is 0 Å². The minimum absolute atomic E-state index is 0.158. The molecule has 0 radical (unpaired) electrons. The van der Waals surface area contributed by atoms with Crippen LogP contribution in [-0.4, -0.2) is 45.8 Å². The quantitative estimate of drug-likeness (QED) is 0.667. The van der Waals surface area contributed by atoms with E-state index in [0.717, 1.165) is 6.42 Å². The number of aliphatic hydroxyl groups is 3. The lowest BCUT2D eigenvalue weighted by molar-refractivity contribution is -0.0349. The Balaban J connectivity index is 2.74. The summed E-state index contributed by atoms with van der Waals surface area (Å²) in [6.07, 6.45) is -0.500. The molecule has 0 aromatic carbocycles. The highest BCUT2D eigenvalue weighted by Gasteiger charge is 2.40. The second kappa shape index (κ2) is 6.71. The first-order valence-electron chi connectivity index (χ1n) is 6.94. The zero-order chi connectivity index (χ0) is 14.6. The molecular formula is C15H26O4. The van der Waals surface area contributed by atoms with Crippen molar-refractivity contribution in [2.24, 2.45) is 11.8 Å². The van der Waals surface area contributed by atoms with E-state index in [1.165, 1.54) is 0 Å². The highest BCUT2D eigenvalue weighted by Crippen LogP contribution is 2.31. The Morgan fingerprint density at radius 2 is 1.89 bits per heavy atom. The first kappa shape index (κ1) is 16.5. The third-order valence-corrected chi connectivity index (χ3v) is 3.34. The van der Waals surface area contributed by atoms with Crippen LogP contribution in [0.4, 0.5) is 0 Å². The summed E-state index contributed by atoms with van der Waals surface area (Å²) in [5.74, 6) is 5.28. The summed E-state index contributed by atoms with van der Waals surface area (Å²) in [7, 11) is 0. The minimum Gasteiger partial charge on any atom is -0.396 e. The molecule has 1 aliphatic rings. The van der Waals surface area contributed by atoms with Gasteiger partial charge in [-0.3, -0.25) is 0 Å². The van der Waals surface area contributed by atoms with Crippen LogP contribution in [0, 0.1) is 23.7 Å². The summed E-state index contributed by atoms with van der Waals surface area (Å²) >= 11 is 0. The van der Waals surface area contributed by atoms with Gasteiger partial charge in [-0.2, -0.15) is 0 Å². The average molecular weight is 270 g/mol. The van der Waals surface area contributed by atoms with Gasteiger partial charge >= 0.3 is 0 Å². The van der Waals surface area contributed by atoms with E-state index in [4.69, 9.17) is 4.74 Å². The molecule has 1 fully saturated rings. The van der Waals surface area contributed by atoms with Crippen LogP contribution < -0.4 is 0 Å². The molecule has 4 heteroatoms. The van der Waals surface area contributed by atoms with E-state index >= 15 is 0 Å². The van der Waals surface area contributed by atoms with Crippen LogP contribution in [0.25, 0.3) is 0 Å². The third kappa shape index (κ3) is 4.77. The predicted octanol–water partition coefficient (Wildman–Crippen LogP) is 0.934. The fourth-order valence-corrected chi connectivity index (χ4v) is 2.36. The molecule has 5 atom stereocenters. The van der Waals surface area contributed by atoms with Crippen LogP contribution >= 0.6 is 0 Å². The molecule has 4 nitrogen and oxygen atoms in total. The summed E-state index contributed by atoms with van der Waals surface area (Å²) in [4.78, 5) is 0. The van der Waals surface area contributed by atoms with Crippen molar-refractivity contribution in [2.75, 3.05) is 6.61 Å². The van der Waals surface area contributed by atoms with Crippen LogP contribution in [-0.2, 0) is 4.74 Å². The number of rotatable bonds is 3. The Bertz CT molecular complexity index is 336. The third-order valence-electron chi connectivity index (χ3n) is 3.34. The van der Waals surface area contributed by atoms with Gasteiger partial charge in [0.2, 0.25) is 0 Å². The van der Waals surface area contributed by atoms with Crippen LogP contribution in [0.15, 0.2) is 0 Å². The predicted molar refractivity (Wildman–Crippen MR) is 73.4 cm³/mol. The normalized spacial score (nSPS) is 32.8. The van der Waals surface area contributed by atoms with E-state index in [1.54, 1.807) is 0 Å². The fraction of sp³-hybridized carbons (Fsp3) is 0.867. The smallest absolute Gasteiger partial charge is 0.118 e. The number of aliphatic hydroxyl groups excluding tert-OH is 3. The molecule has 110 valence electrons. The SMILES string of the molecule is CC[C@@H](C#C[C@@H]1[C@@H](CO)[C@@H](O)C[C@H]1O)OC(C)(C)C. The molecule has 0 aromatic heterocycles. The minimum atomic E-state index is -0.678. The topological polar surface area (TPSA) is 69.9 Å². The lowest BCUT2D eigenvalue weighted by Gasteiger charge is -2.24. The van der Waals surface area contributed by atoms with E-state index in [9.17, 15) is 15.3 Å². The molecule has 0 aromatic rings. The number of ether oxygens (including phenoxy) is 1. The number of hydrogen-bond donors (Lipinski definition) is 3. The fourth-order valence-electron chi connectivity index (χ4n) is 2.36. The van der Waals surface area contributed by atoms with Gasteiger partial charge in [-0.05, 0) is 27.2 Å². The highest BCUT2D eigenvalue weighted by atomic mass is 16.5. The Kier molecular flexibility index (Phi) is 5.82. The summed E-state index contributed by atoms with van der Waals surface area (Å²) in [5.41, 5.74) is -0.264. The summed E-state index contributed by atoms with van der Waals surface area (Å²) in [6.45, 7) is 7.76. The van der Waals surface area contributed by atoms with Gasteiger partial charge in [0, 0.05) is 18.9 Å². The Hall–Kier alpha value is -0.600. The summed E-state index contributed by atoms with van der Waals surface area (Å²) < 4.78 is 5.80. The van der Waals surface area contributed by atoms with Gasteiger partial charge in [0.25, 0.3) is 0 Å². The van der Waals surface area contributed by atoms with Crippen LogP contribution in [0.5, 0.6) is 0 Å². The Morgan fingerprint density at radius 3 is 2.37 bits per heavy atom. The van der Waals surface area contributed by atoms with Crippen molar-refractivity contribution < 1.29 is 20.1 Å². The van der Waals surface area contributed by atoms with Crippen LogP contribution in [0.2, 0.25) is 0 Å². The molecule has 0 bridgehead atoms. The van der Waals surface area contributed by atoms with Crippen molar-refractivity contribution in [1.82, 2.24) is 0 Å². The second-order valence-electron chi connectivity index (χ2n) is 6.16. The van der Waals surface area contributed by atoms with Crippen LogP contribution in [0.3, 0.4) is 0 Å². The summed E-state index contributed by atoms with van der Waals surface area (Å²) in [5, 5.41) is 28.8. The van der Waals surface area contributed by atoms with E-state index in [2.05, 4.69) is 11.8 Å². The maximum Gasteiger partial charge on any atom is 0.118 e. The van der Waals surface area contributed by atoms with E-state index in [1.807, 2.05) is 27.7 Å². The molecule has 0 unspecified atom stereocenters. The van der Waals surface area contributed by atoms with E-state index < -0.39 is 12.2 Å². The van der Waals surface area contributed by atoms with Crippen molar-refractivity contribution in [3.05, 3.63) is 0 Å².